The highest BCUT2D eigenvalue weighted by Crippen LogP contribution is 2.48. The first-order valence-electron chi connectivity index (χ1n) is 9.95. The molecule has 5 nitrogen and oxygen atoms in total. The van der Waals surface area contributed by atoms with Gasteiger partial charge in [-0.3, -0.25) is 14.5 Å². The topological polar surface area (TPSA) is 77.8 Å². The number of hydrogen-bond acceptors (Lipinski definition) is 4. The zero-order chi connectivity index (χ0) is 20.5. The van der Waals surface area contributed by atoms with Crippen molar-refractivity contribution in [3.8, 4) is 0 Å². The van der Waals surface area contributed by atoms with Crippen LogP contribution in [-0.2, 0) is 16.1 Å². The van der Waals surface area contributed by atoms with Crippen LogP contribution >= 0.6 is 0 Å². The van der Waals surface area contributed by atoms with Gasteiger partial charge in [-0.1, -0.05) is 66.2 Å². The average Bonchev–Trinajstić information content (AvgIpc) is 2.98. The monoisotopic (exact) mass is 391 g/mol. The quantitative estimate of drug-likeness (QED) is 0.607. The Hall–Kier alpha value is -2.76. The van der Waals surface area contributed by atoms with Gasteiger partial charge < -0.3 is 10.2 Å². The third-order valence-electron chi connectivity index (χ3n) is 6.21. The number of likely N-dealkylation sites (tertiary alicyclic amines) is 1. The van der Waals surface area contributed by atoms with E-state index >= 15 is 0 Å². The van der Waals surface area contributed by atoms with Crippen molar-refractivity contribution in [2.75, 3.05) is 6.61 Å². The number of hydrogen-bond donors (Lipinski definition) is 2. The molecule has 2 aromatic carbocycles. The van der Waals surface area contributed by atoms with Crippen molar-refractivity contribution in [3.05, 3.63) is 82.9 Å². The van der Waals surface area contributed by atoms with Crippen molar-refractivity contribution in [2.45, 2.75) is 26.0 Å². The van der Waals surface area contributed by atoms with Crippen LogP contribution in [0, 0.1) is 17.8 Å². The summed E-state index contributed by atoms with van der Waals surface area (Å²) in [6.07, 6.45) is -0.476. The summed E-state index contributed by atoms with van der Waals surface area (Å²) in [4.78, 5) is 27.6. The number of amides is 2. The largest absolute Gasteiger partial charge is 0.396 e. The van der Waals surface area contributed by atoms with E-state index < -0.39 is 23.9 Å². The minimum Gasteiger partial charge on any atom is -0.396 e. The number of nitrogens with zero attached hydrogens (tertiary/aromatic N) is 1. The van der Waals surface area contributed by atoms with Crippen LogP contribution in [0.3, 0.4) is 0 Å². The van der Waals surface area contributed by atoms with E-state index in [1.807, 2.05) is 67.6 Å². The van der Waals surface area contributed by atoms with E-state index in [1.54, 1.807) is 0 Å². The highest BCUT2D eigenvalue weighted by molar-refractivity contribution is 6.05. The molecule has 1 aliphatic heterocycles. The second kappa shape index (κ2) is 7.93. The summed E-state index contributed by atoms with van der Waals surface area (Å²) in [6.45, 7) is 1.84. The van der Waals surface area contributed by atoms with Crippen LogP contribution < -0.4 is 0 Å². The van der Waals surface area contributed by atoms with Gasteiger partial charge in [-0.15, -0.1) is 0 Å². The Kier molecular flexibility index (Phi) is 5.35. The van der Waals surface area contributed by atoms with Gasteiger partial charge in [-0.2, -0.15) is 0 Å². The van der Waals surface area contributed by atoms with Gasteiger partial charge >= 0.3 is 0 Å². The third kappa shape index (κ3) is 3.41. The lowest BCUT2D eigenvalue weighted by molar-refractivity contribution is -0.140. The average molecular weight is 391 g/mol. The molecule has 1 aliphatic carbocycles. The van der Waals surface area contributed by atoms with E-state index in [9.17, 15) is 19.8 Å². The first kappa shape index (κ1) is 19.6. The lowest BCUT2D eigenvalue weighted by Gasteiger charge is -2.35. The zero-order valence-electron chi connectivity index (χ0n) is 16.4. The number of aliphatic hydroxyl groups excluding tert-OH is 2. The van der Waals surface area contributed by atoms with E-state index in [0.29, 0.717) is 12.0 Å². The van der Waals surface area contributed by atoms with Gasteiger partial charge in [-0.05, 0) is 30.0 Å². The van der Waals surface area contributed by atoms with Gasteiger partial charge in [0.25, 0.3) is 0 Å². The van der Waals surface area contributed by atoms with Gasteiger partial charge in [0.15, 0.2) is 0 Å². The molecule has 4 atom stereocenters. The predicted octanol–water partition coefficient (Wildman–Crippen LogP) is 2.85. The molecule has 1 fully saturated rings. The van der Waals surface area contributed by atoms with E-state index in [4.69, 9.17) is 0 Å². The maximum Gasteiger partial charge on any atom is 0.234 e. The summed E-state index contributed by atoms with van der Waals surface area (Å²) in [5, 5.41) is 21.2. The van der Waals surface area contributed by atoms with Crippen molar-refractivity contribution >= 4 is 11.8 Å². The number of allylic oxidation sites excluding steroid dienone is 1. The van der Waals surface area contributed by atoms with Crippen molar-refractivity contribution in [1.82, 2.24) is 4.90 Å². The Labute approximate surface area is 170 Å². The maximum absolute atomic E-state index is 13.2. The molecule has 4 rings (SSSR count). The Morgan fingerprint density at radius 1 is 1.00 bits per heavy atom. The number of benzene rings is 2. The lowest BCUT2D eigenvalue weighted by atomic mass is 9.68. The fourth-order valence-corrected chi connectivity index (χ4v) is 4.82. The molecule has 2 aromatic rings. The summed E-state index contributed by atoms with van der Waals surface area (Å²) in [5.74, 6) is -2.12. The Balaban J connectivity index is 1.66. The number of imide groups is 1. The summed E-state index contributed by atoms with van der Waals surface area (Å²) in [7, 11) is 0. The first-order chi connectivity index (χ1) is 14.0. The molecule has 2 amide bonds. The summed E-state index contributed by atoms with van der Waals surface area (Å²) >= 11 is 0. The normalized spacial score (nSPS) is 25.3. The first-order valence-corrected chi connectivity index (χ1v) is 9.95. The SMILES string of the molecule is CC1=C([C@H](O)c2ccccc2)[C@H](CO)[C@@H]2C(=O)N(Cc3ccccc3)C(=O)[C@@H]2C1. The minimum atomic E-state index is -0.902. The summed E-state index contributed by atoms with van der Waals surface area (Å²) in [6, 6.07) is 18.7. The molecular formula is C24H25NO4. The molecule has 0 spiro atoms. The molecule has 1 heterocycles. The predicted molar refractivity (Wildman–Crippen MR) is 108 cm³/mol. The Bertz CT molecular complexity index is 938. The minimum absolute atomic E-state index is 0.185. The van der Waals surface area contributed by atoms with Crippen LogP contribution in [0.1, 0.15) is 30.6 Å². The molecule has 0 bridgehead atoms. The fourth-order valence-electron chi connectivity index (χ4n) is 4.82. The molecule has 0 aromatic heterocycles. The number of aliphatic hydroxyl groups is 2. The molecule has 1 saturated heterocycles. The van der Waals surface area contributed by atoms with Gasteiger partial charge in [0.2, 0.25) is 11.8 Å². The molecule has 150 valence electrons. The fraction of sp³-hybridized carbons (Fsp3) is 0.333. The van der Waals surface area contributed by atoms with Crippen LogP contribution in [0.5, 0.6) is 0 Å². The Morgan fingerprint density at radius 2 is 1.62 bits per heavy atom. The van der Waals surface area contributed by atoms with E-state index in [1.165, 1.54) is 4.90 Å². The highest BCUT2D eigenvalue weighted by Gasteiger charge is 2.54. The van der Waals surface area contributed by atoms with Crippen molar-refractivity contribution in [3.63, 3.8) is 0 Å². The summed E-state index contributed by atoms with van der Waals surface area (Å²) in [5.41, 5.74) is 3.16. The molecular weight excluding hydrogens is 366 g/mol. The van der Waals surface area contributed by atoms with E-state index in [0.717, 1.165) is 16.7 Å². The maximum atomic E-state index is 13.2. The Morgan fingerprint density at radius 3 is 2.24 bits per heavy atom. The molecule has 2 N–H and O–H groups in total. The third-order valence-corrected chi connectivity index (χ3v) is 6.21. The van der Waals surface area contributed by atoms with Gasteiger partial charge in [0.05, 0.1) is 25.0 Å². The van der Waals surface area contributed by atoms with Crippen LogP contribution in [0.2, 0.25) is 0 Å². The van der Waals surface area contributed by atoms with Gasteiger partial charge in [0, 0.05) is 5.92 Å². The molecule has 29 heavy (non-hydrogen) atoms. The molecule has 0 unspecified atom stereocenters. The van der Waals surface area contributed by atoms with Crippen LogP contribution in [0.25, 0.3) is 0 Å². The van der Waals surface area contributed by atoms with Crippen molar-refractivity contribution in [1.29, 1.82) is 0 Å². The van der Waals surface area contributed by atoms with Crippen LogP contribution in [-0.4, -0.2) is 33.5 Å². The van der Waals surface area contributed by atoms with Crippen molar-refractivity contribution < 1.29 is 19.8 Å². The summed E-state index contributed by atoms with van der Waals surface area (Å²) < 4.78 is 0. The smallest absolute Gasteiger partial charge is 0.234 e. The molecule has 5 heteroatoms. The van der Waals surface area contributed by atoms with Gasteiger partial charge in [0.1, 0.15) is 6.10 Å². The zero-order valence-corrected chi connectivity index (χ0v) is 16.4. The lowest BCUT2D eigenvalue weighted by Crippen LogP contribution is -2.37. The second-order valence-electron chi connectivity index (χ2n) is 7.92. The number of carbonyl (C=O) groups is 2. The second-order valence-corrected chi connectivity index (χ2v) is 7.92. The highest BCUT2D eigenvalue weighted by atomic mass is 16.3. The van der Waals surface area contributed by atoms with Gasteiger partial charge in [-0.25, -0.2) is 0 Å². The number of fused-ring (bicyclic) bond motifs is 1. The van der Waals surface area contributed by atoms with Crippen LogP contribution in [0.15, 0.2) is 71.8 Å². The standard InChI is InChI=1S/C24H25NO4/c1-15-12-18-21(19(14-26)20(15)22(27)17-10-6-3-7-11-17)24(29)25(23(18)28)13-16-8-4-2-5-9-16/h2-11,18-19,21-22,26-27H,12-14H2,1H3/t18-,19+,21-,22-/m1/s1. The molecule has 0 radical (unpaired) electrons. The van der Waals surface area contributed by atoms with Crippen molar-refractivity contribution in [2.24, 2.45) is 17.8 Å². The number of rotatable bonds is 5. The van der Waals surface area contributed by atoms with E-state index in [2.05, 4.69) is 0 Å². The van der Waals surface area contributed by atoms with Crippen LogP contribution in [0.4, 0.5) is 0 Å². The van der Waals surface area contributed by atoms with E-state index in [-0.39, 0.29) is 25.0 Å². The number of carbonyl (C=O) groups excluding carboxylic acids is 2. The molecule has 0 saturated carbocycles. The molecule has 2 aliphatic rings.